The number of carbonyl (C=O) groups is 3. The number of urea groups is 1. The first kappa shape index (κ1) is 27.3. The first-order valence-electron chi connectivity index (χ1n) is 14.4. The van der Waals surface area contributed by atoms with Gasteiger partial charge >= 0.3 is 12.0 Å². The van der Waals surface area contributed by atoms with Crippen LogP contribution < -0.4 is 10.6 Å². The molecule has 2 unspecified atom stereocenters. The van der Waals surface area contributed by atoms with E-state index in [1.165, 1.54) is 6.42 Å². The summed E-state index contributed by atoms with van der Waals surface area (Å²) in [5, 5.41) is 7.13. The van der Waals surface area contributed by atoms with Gasteiger partial charge in [-0.25, -0.2) is 4.79 Å². The minimum absolute atomic E-state index is 0.0862. The van der Waals surface area contributed by atoms with E-state index in [2.05, 4.69) is 10.6 Å². The van der Waals surface area contributed by atoms with E-state index < -0.39 is 11.5 Å². The molecule has 3 saturated heterocycles. The zero-order valence-corrected chi connectivity index (χ0v) is 23.2. The Labute approximate surface area is 230 Å². The van der Waals surface area contributed by atoms with E-state index in [0.717, 1.165) is 44.2 Å². The van der Waals surface area contributed by atoms with Crippen LogP contribution in [0.15, 0.2) is 24.3 Å². The number of likely N-dealkylation sites (tertiary alicyclic amines) is 2. The third kappa shape index (κ3) is 5.67. The third-order valence-corrected chi connectivity index (χ3v) is 9.55. The Morgan fingerprint density at radius 2 is 1.84 bits per heavy atom. The van der Waals surface area contributed by atoms with Gasteiger partial charge in [0.25, 0.3) is 0 Å². The van der Waals surface area contributed by atoms with Gasteiger partial charge in [-0.2, -0.15) is 0 Å². The summed E-state index contributed by atoms with van der Waals surface area (Å²) in [5.41, 5.74) is 0.432. The van der Waals surface area contributed by atoms with Gasteiger partial charge in [0, 0.05) is 49.7 Å². The zero-order valence-electron chi connectivity index (χ0n) is 22.4. The highest BCUT2D eigenvalue weighted by Crippen LogP contribution is 2.47. The maximum absolute atomic E-state index is 13.9. The van der Waals surface area contributed by atoms with Crippen LogP contribution in [-0.4, -0.2) is 78.6 Å². The topological polar surface area (TPSA) is 91.0 Å². The molecule has 1 aromatic rings. The molecule has 1 aliphatic carbocycles. The minimum atomic E-state index is -0.680. The number of amides is 3. The summed E-state index contributed by atoms with van der Waals surface area (Å²) < 4.78 is 5.58. The number of nitrogens with one attached hydrogen (secondary N) is 2. The molecule has 3 aliphatic heterocycles. The van der Waals surface area contributed by atoms with Gasteiger partial charge in [0.15, 0.2) is 0 Å². The highest BCUT2D eigenvalue weighted by atomic mass is 35.5. The van der Waals surface area contributed by atoms with Crippen molar-refractivity contribution >= 4 is 29.5 Å². The van der Waals surface area contributed by atoms with Crippen LogP contribution >= 0.6 is 11.6 Å². The summed E-state index contributed by atoms with van der Waals surface area (Å²) in [5.74, 6) is 0.135. The van der Waals surface area contributed by atoms with Crippen molar-refractivity contribution in [3.8, 4) is 0 Å². The fourth-order valence-electron chi connectivity index (χ4n) is 7.15. The first-order chi connectivity index (χ1) is 18.4. The van der Waals surface area contributed by atoms with Crippen molar-refractivity contribution in [1.29, 1.82) is 0 Å². The van der Waals surface area contributed by atoms with E-state index in [1.807, 2.05) is 41.0 Å². The Morgan fingerprint density at radius 3 is 2.45 bits per heavy atom. The number of halogens is 1. The summed E-state index contributed by atoms with van der Waals surface area (Å²) in [7, 11) is 0. The number of hydrogen-bond acceptors (Lipinski definition) is 5. The van der Waals surface area contributed by atoms with E-state index in [4.69, 9.17) is 16.3 Å². The molecular weight excluding hydrogens is 504 g/mol. The van der Waals surface area contributed by atoms with Crippen molar-refractivity contribution in [2.45, 2.75) is 82.8 Å². The SMILES string of the molecule is CCOC(=O)C1(C2CCCCC2)CCN(C(=O)[C@@H](Cc2ccc(Cl)cc2)NC(=O)N2CC3CC2CN3)CC1. The lowest BCUT2D eigenvalue weighted by Crippen LogP contribution is -2.58. The Bertz CT molecular complexity index is 1000. The van der Waals surface area contributed by atoms with Crippen LogP contribution in [0.4, 0.5) is 4.79 Å². The van der Waals surface area contributed by atoms with Crippen LogP contribution in [0.25, 0.3) is 0 Å². The predicted octanol–water partition coefficient (Wildman–Crippen LogP) is 3.76. The van der Waals surface area contributed by atoms with Crippen molar-refractivity contribution in [1.82, 2.24) is 20.4 Å². The molecule has 0 radical (unpaired) electrons. The second-order valence-electron chi connectivity index (χ2n) is 11.5. The van der Waals surface area contributed by atoms with Crippen LogP contribution in [0.1, 0.15) is 63.9 Å². The lowest BCUT2D eigenvalue weighted by atomic mass is 9.63. The van der Waals surface area contributed by atoms with Crippen molar-refractivity contribution in [2.24, 2.45) is 11.3 Å². The number of nitrogens with zero attached hydrogens (tertiary/aromatic N) is 2. The summed E-state index contributed by atoms with van der Waals surface area (Å²) in [6, 6.07) is 7.10. The average molecular weight is 545 g/mol. The molecule has 1 saturated carbocycles. The third-order valence-electron chi connectivity index (χ3n) is 9.30. The lowest BCUT2D eigenvalue weighted by Gasteiger charge is -2.46. The van der Waals surface area contributed by atoms with Crippen molar-refractivity contribution < 1.29 is 19.1 Å². The predicted molar refractivity (Wildman–Crippen MR) is 146 cm³/mol. The van der Waals surface area contributed by atoms with Crippen LogP contribution in [0.3, 0.4) is 0 Å². The minimum Gasteiger partial charge on any atom is -0.466 e. The van der Waals surface area contributed by atoms with E-state index in [0.29, 0.717) is 62.5 Å². The van der Waals surface area contributed by atoms with Crippen molar-refractivity contribution in [2.75, 3.05) is 32.8 Å². The molecule has 3 atom stereocenters. The maximum atomic E-state index is 13.9. The molecule has 0 spiro atoms. The number of piperidine rings is 1. The molecule has 3 heterocycles. The number of ether oxygens (including phenoxy) is 1. The molecule has 0 aromatic heterocycles. The Kier molecular flexibility index (Phi) is 8.48. The number of hydrogen-bond donors (Lipinski definition) is 2. The highest BCUT2D eigenvalue weighted by Gasteiger charge is 2.50. The zero-order chi connectivity index (χ0) is 26.7. The Hall–Kier alpha value is -2.32. The number of carbonyl (C=O) groups excluding carboxylic acids is 3. The highest BCUT2D eigenvalue weighted by molar-refractivity contribution is 6.30. The van der Waals surface area contributed by atoms with Crippen LogP contribution in [0, 0.1) is 11.3 Å². The second kappa shape index (κ2) is 11.8. The standard InChI is InChI=1S/C29H41ClN4O4/c1-2-38-27(36)29(21-6-4-3-5-7-21)12-14-33(15-13-29)26(35)25(16-20-8-10-22(30)11-9-20)32-28(37)34-19-23-17-24(34)18-31-23/h8-11,21,23-25,31H,2-7,12-19H2,1H3,(H,32,37)/t23?,24?,25-/m1/s1. The number of benzene rings is 1. The van der Waals surface area contributed by atoms with Crippen LogP contribution in [0.2, 0.25) is 5.02 Å². The smallest absolute Gasteiger partial charge is 0.318 e. The molecule has 3 amide bonds. The maximum Gasteiger partial charge on any atom is 0.318 e. The van der Waals surface area contributed by atoms with Gasteiger partial charge in [-0.05, 0) is 62.6 Å². The molecule has 2 N–H and O–H groups in total. The quantitative estimate of drug-likeness (QED) is 0.510. The summed E-state index contributed by atoms with van der Waals surface area (Å²) in [4.78, 5) is 44.1. The van der Waals surface area contributed by atoms with Crippen LogP contribution in [-0.2, 0) is 20.7 Å². The van der Waals surface area contributed by atoms with Crippen LogP contribution in [0.5, 0.6) is 0 Å². The largest absolute Gasteiger partial charge is 0.466 e. The van der Waals surface area contributed by atoms with Gasteiger partial charge in [-0.3, -0.25) is 9.59 Å². The molecule has 4 fully saturated rings. The molecule has 1 aromatic carbocycles. The molecule has 5 rings (SSSR count). The van der Waals surface area contributed by atoms with Gasteiger partial charge in [0.2, 0.25) is 5.91 Å². The van der Waals surface area contributed by atoms with E-state index in [-0.39, 0.29) is 23.9 Å². The van der Waals surface area contributed by atoms with Gasteiger partial charge in [-0.15, -0.1) is 0 Å². The fourth-order valence-corrected chi connectivity index (χ4v) is 7.28. The van der Waals surface area contributed by atoms with Gasteiger partial charge in [0.05, 0.1) is 12.0 Å². The van der Waals surface area contributed by atoms with E-state index in [9.17, 15) is 14.4 Å². The second-order valence-corrected chi connectivity index (χ2v) is 12.0. The molecule has 208 valence electrons. The van der Waals surface area contributed by atoms with Gasteiger partial charge in [-0.1, -0.05) is 43.0 Å². The number of rotatable bonds is 7. The number of piperazine rings is 1. The monoisotopic (exact) mass is 544 g/mol. The average Bonchev–Trinajstić information content (AvgIpc) is 3.58. The molecule has 8 nitrogen and oxygen atoms in total. The summed E-state index contributed by atoms with van der Waals surface area (Å²) in [6.07, 6.45) is 8.22. The first-order valence-corrected chi connectivity index (χ1v) is 14.8. The molecule has 9 heteroatoms. The fraction of sp³-hybridized carbons (Fsp3) is 0.690. The van der Waals surface area contributed by atoms with E-state index in [1.54, 1.807) is 0 Å². The summed E-state index contributed by atoms with van der Waals surface area (Å²) >= 11 is 6.08. The molecule has 38 heavy (non-hydrogen) atoms. The van der Waals surface area contributed by atoms with E-state index >= 15 is 0 Å². The Morgan fingerprint density at radius 1 is 1.13 bits per heavy atom. The number of fused-ring (bicyclic) bond motifs is 2. The van der Waals surface area contributed by atoms with Gasteiger partial charge in [0.1, 0.15) is 6.04 Å². The lowest BCUT2D eigenvalue weighted by molar-refractivity contribution is -0.166. The molecule has 4 aliphatic rings. The molecular formula is C29H41ClN4O4. The summed E-state index contributed by atoms with van der Waals surface area (Å²) in [6.45, 7) is 4.71. The number of esters is 1. The molecule has 2 bridgehead atoms. The van der Waals surface area contributed by atoms with Crippen molar-refractivity contribution in [3.05, 3.63) is 34.9 Å². The van der Waals surface area contributed by atoms with Gasteiger partial charge < -0.3 is 25.2 Å². The normalized spacial score (nSPS) is 25.7. The van der Waals surface area contributed by atoms with Crippen molar-refractivity contribution in [3.63, 3.8) is 0 Å². The Balaban J connectivity index is 1.30.